The van der Waals surface area contributed by atoms with Crippen LogP contribution < -0.4 is 0 Å². The third kappa shape index (κ3) is 1.92. The Labute approximate surface area is 84.4 Å². The van der Waals surface area contributed by atoms with Crippen LogP contribution in [0.1, 0.15) is 22.3 Å². The molecule has 2 heteroatoms. The maximum Gasteiger partial charge on any atom is 0.0669 e. The van der Waals surface area contributed by atoms with Crippen molar-refractivity contribution in [2.75, 3.05) is 0 Å². The molecular formula is C12H12N2. The molecule has 0 aliphatic heterocycles. The normalized spacial score (nSPS) is 9.14. The van der Waals surface area contributed by atoms with E-state index in [4.69, 9.17) is 10.5 Å². The topological polar surface area (TPSA) is 47.6 Å². The monoisotopic (exact) mass is 184 g/mol. The van der Waals surface area contributed by atoms with Gasteiger partial charge < -0.3 is 0 Å². The Morgan fingerprint density at radius 3 is 2.29 bits per heavy atom. The minimum absolute atomic E-state index is 0.421. The van der Waals surface area contributed by atoms with Crippen LogP contribution in [0.25, 0.3) is 0 Å². The lowest BCUT2D eigenvalue weighted by atomic mass is 9.94. The molecule has 0 heterocycles. The summed E-state index contributed by atoms with van der Waals surface area (Å²) in [5.41, 5.74) is 4.32. The van der Waals surface area contributed by atoms with Gasteiger partial charge in [-0.2, -0.15) is 10.5 Å². The van der Waals surface area contributed by atoms with E-state index in [0.29, 0.717) is 12.8 Å². The van der Waals surface area contributed by atoms with E-state index in [0.717, 1.165) is 22.3 Å². The van der Waals surface area contributed by atoms with Gasteiger partial charge in [0.25, 0.3) is 0 Å². The van der Waals surface area contributed by atoms with Gasteiger partial charge in [-0.15, -0.1) is 0 Å². The largest absolute Gasteiger partial charge is 0.198 e. The SMILES string of the molecule is Cc1ccc(CC#N)c(C)c1CC#N. The molecule has 0 atom stereocenters. The number of hydrogen-bond donors (Lipinski definition) is 0. The first-order valence-corrected chi connectivity index (χ1v) is 4.52. The van der Waals surface area contributed by atoms with Gasteiger partial charge in [-0.1, -0.05) is 12.1 Å². The van der Waals surface area contributed by atoms with Crippen LogP contribution in [-0.2, 0) is 12.8 Å². The van der Waals surface area contributed by atoms with Crippen LogP contribution >= 0.6 is 0 Å². The van der Waals surface area contributed by atoms with E-state index in [9.17, 15) is 0 Å². The fourth-order valence-corrected chi connectivity index (χ4v) is 1.57. The molecule has 70 valence electrons. The Bertz CT molecular complexity index is 419. The van der Waals surface area contributed by atoms with Crippen LogP contribution in [-0.4, -0.2) is 0 Å². The molecule has 0 fully saturated rings. The second-order valence-corrected chi connectivity index (χ2v) is 3.31. The first kappa shape index (κ1) is 10.3. The molecular weight excluding hydrogens is 172 g/mol. The number of benzene rings is 1. The zero-order chi connectivity index (χ0) is 10.6. The quantitative estimate of drug-likeness (QED) is 0.708. The lowest BCUT2D eigenvalue weighted by Crippen LogP contribution is -1.97. The summed E-state index contributed by atoms with van der Waals surface area (Å²) in [5.74, 6) is 0. The van der Waals surface area contributed by atoms with Gasteiger partial charge in [0, 0.05) is 0 Å². The Hall–Kier alpha value is -1.80. The maximum atomic E-state index is 8.67. The van der Waals surface area contributed by atoms with Crippen LogP contribution in [0.3, 0.4) is 0 Å². The highest BCUT2D eigenvalue weighted by molar-refractivity contribution is 5.42. The molecule has 0 unspecified atom stereocenters. The predicted octanol–water partition coefficient (Wildman–Crippen LogP) is 2.44. The van der Waals surface area contributed by atoms with Crippen LogP contribution in [0.4, 0.5) is 0 Å². The van der Waals surface area contributed by atoms with Crippen molar-refractivity contribution in [2.45, 2.75) is 26.7 Å². The van der Waals surface area contributed by atoms with Crippen molar-refractivity contribution in [3.63, 3.8) is 0 Å². The highest BCUT2D eigenvalue weighted by Crippen LogP contribution is 2.18. The van der Waals surface area contributed by atoms with Gasteiger partial charge in [-0.25, -0.2) is 0 Å². The summed E-state index contributed by atoms with van der Waals surface area (Å²) in [6.45, 7) is 3.97. The highest BCUT2D eigenvalue weighted by atomic mass is 14.2. The van der Waals surface area contributed by atoms with Crippen molar-refractivity contribution in [1.29, 1.82) is 10.5 Å². The average molecular weight is 184 g/mol. The minimum atomic E-state index is 0.421. The molecule has 0 spiro atoms. The number of aryl methyl sites for hydroxylation is 1. The molecule has 0 N–H and O–H groups in total. The van der Waals surface area contributed by atoms with Crippen molar-refractivity contribution in [2.24, 2.45) is 0 Å². The van der Waals surface area contributed by atoms with E-state index in [-0.39, 0.29) is 0 Å². The van der Waals surface area contributed by atoms with Crippen molar-refractivity contribution >= 4 is 0 Å². The first-order chi connectivity index (χ1) is 6.70. The lowest BCUT2D eigenvalue weighted by molar-refractivity contribution is 1.11. The van der Waals surface area contributed by atoms with Crippen LogP contribution in [0.5, 0.6) is 0 Å². The second-order valence-electron chi connectivity index (χ2n) is 3.31. The number of nitrogens with zero attached hydrogens (tertiary/aromatic N) is 2. The molecule has 0 saturated heterocycles. The molecule has 1 aromatic carbocycles. The minimum Gasteiger partial charge on any atom is -0.198 e. The van der Waals surface area contributed by atoms with Gasteiger partial charge in [0.15, 0.2) is 0 Å². The average Bonchev–Trinajstić information content (AvgIpc) is 2.17. The summed E-state index contributed by atoms with van der Waals surface area (Å²) in [4.78, 5) is 0. The van der Waals surface area contributed by atoms with Crippen molar-refractivity contribution in [1.82, 2.24) is 0 Å². The maximum absolute atomic E-state index is 8.67. The zero-order valence-electron chi connectivity index (χ0n) is 8.46. The van der Waals surface area contributed by atoms with Gasteiger partial charge in [-0.05, 0) is 36.1 Å². The molecule has 0 aliphatic carbocycles. The number of rotatable bonds is 2. The van der Waals surface area contributed by atoms with E-state index < -0.39 is 0 Å². The van der Waals surface area contributed by atoms with Gasteiger partial charge in [0.1, 0.15) is 0 Å². The molecule has 0 aromatic heterocycles. The summed E-state index contributed by atoms with van der Waals surface area (Å²) < 4.78 is 0. The van der Waals surface area contributed by atoms with E-state index in [1.54, 1.807) is 0 Å². The van der Waals surface area contributed by atoms with Crippen LogP contribution in [0.2, 0.25) is 0 Å². The van der Waals surface area contributed by atoms with Gasteiger partial charge in [-0.3, -0.25) is 0 Å². The van der Waals surface area contributed by atoms with Crippen LogP contribution in [0.15, 0.2) is 12.1 Å². The summed E-state index contributed by atoms with van der Waals surface area (Å²) in [5, 5.41) is 17.3. The summed E-state index contributed by atoms with van der Waals surface area (Å²) in [6.07, 6.45) is 0.849. The molecule has 0 aliphatic rings. The van der Waals surface area contributed by atoms with Crippen LogP contribution in [0, 0.1) is 36.5 Å². The van der Waals surface area contributed by atoms with Gasteiger partial charge in [0.2, 0.25) is 0 Å². The molecule has 0 amide bonds. The fourth-order valence-electron chi connectivity index (χ4n) is 1.57. The zero-order valence-corrected chi connectivity index (χ0v) is 8.46. The van der Waals surface area contributed by atoms with Crippen molar-refractivity contribution in [3.05, 3.63) is 34.4 Å². The third-order valence-electron chi connectivity index (χ3n) is 2.47. The van der Waals surface area contributed by atoms with Crippen molar-refractivity contribution < 1.29 is 0 Å². The Balaban J connectivity index is 3.21. The fraction of sp³-hybridized carbons (Fsp3) is 0.333. The standard InChI is InChI=1S/C12H12N2/c1-9-3-4-11(5-7-13)10(2)12(9)6-8-14/h3-4H,5-6H2,1-2H3. The van der Waals surface area contributed by atoms with Crippen molar-refractivity contribution in [3.8, 4) is 12.1 Å². The number of hydrogen-bond acceptors (Lipinski definition) is 2. The Morgan fingerprint density at radius 2 is 1.71 bits per heavy atom. The molecule has 14 heavy (non-hydrogen) atoms. The highest BCUT2D eigenvalue weighted by Gasteiger charge is 2.06. The van der Waals surface area contributed by atoms with E-state index in [1.807, 2.05) is 26.0 Å². The Morgan fingerprint density at radius 1 is 1.07 bits per heavy atom. The molecule has 1 aromatic rings. The van der Waals surface area contributed by atoms with Gasteiger partial charge in [0.05, 0.1) is 25.0 Å². The molecule has 0 bridgehead atoms. The molecule has 1 rings (SSSR count). The predicted molar refractivity (Wildman–Crippen MR) is 54.6 cm³/mol. The number of nitriles is 2. The van der Waals surface area contributed by atoms with E-state index >= 15 is 0 Å². The first-order valence-electron chi connectivity index (χ1n) is 4.52. The van der Waals surface area contributed by atoms with E-state index in [1.165, 1.54) is 0 Å². The van der Waals surface area contributed by atoms with Gasteiger partial charge >= 0.3 is 0 Å². The van der Waals surface area contributed by atoms with E-state index in [2.05, 4.69) is 12.1 Å². The summed E-state index contributed by atoms with van der Waals surface area (Å²) in [7, 11) is 0. The molecule has 0 radical (unpaired) electrons. The lowest BCUT2D eigenvalue weighted by Gasteiger charge is -2.09. The molecule has 2 nitrogen and oxygen atoms in total. The third-order valence-corrected chi connectivity index (χ3v) is 2.47. The smallest absolute Gasteiger partial charge is 0.0669 e. The Kier molecular flexibility index (Phi) is 3.26. The summed E-state index contributed by atoms with van der Waals surface area (Å²) in [6, 6.07) is 8.23. The molecule has 0 saturated carbocycles. The second kappa shape index (κ2) is 4.44. The summed E-state index contributed by atoms with van der Waals surface area (Å²) >= 11 is 0.